The van der Waals surface area contributed by atoms with Gasteiger partial charge in [-0.05, 0) is 44.9 Å². The lowest BCUT2D eigenvalue weighted by atomic mass is 10.1. The van der Waals surface area contributed by atoms with Crippen molar-refractivity contribution >= 4 is 27.3 Å². The van der Waals surface area contributed by atoms with Gasteiger partial charge in [0.2, 0.25) is 0 Å². The van der Waals surface area contributed by atoms with Gasteiger partial charge in [-0.15, -0.1) is 11.3 Å². The third-order valence-corrected chi connectivity index (χ3v) is 5.32. The van der Waals surface area contributed by atoms with E-state index in [1.807, 2.05) is 11.0 Å². The minimum atomic E-state index is -0.250. The van der Waals surface area contributed by atoms with Crippen molar-refractivity contribution in [3.8, 4) is 0 Å². The van der Waals surface area contributed by atoms with Gasteiger partial charge in [-0.1, -0.05) is 18.9 Å². The summed E-state index contributed by atoms with van der Waals surface area (Å²) in [4.78, 5) is 15.5. The van der Waals surface area contributed by atoms with E-state index in [1.54, 1.807) is 12.1 Å². The van der Waals surface area contributed by atoms with Crippen molar-refractivity contribution in [3.05, 3.63) is 35.0 Å². The SMILES string of the molecule is CC(C)N(C(=O)c1cc2c(F)cccc2s1)C1CCCC1. The summed E-state index contributed by atoms with van der Waals surface area (Å²) < 4.78 is 14.6. The topological polar surface area (TPSA) is 20.3 Å². The Morgan fingerprint density at radius 3 is 2.67 bits per heavy atom. The van der Waals surface area contributed by atoms with E-state index in [0.29, 0.717) is 16.3 Å². The fourth-order valence-electron chi connectivity index (χ4n) is 3.26. The van der Waals surface area contributed by atoms with Crippen LogP contribution in [0.15, 0.2) is 24.3 Å². The fourth-order valence-corrected chi connectivity index (χ4v) is 4.28. The summed E-state index contributed by atoms with van der Waals surface area (Å²) in [7, 11) is 0. The van der Waals surface area contributed by atoms with Crippen molar-refractivity contribution in [2.24, 2.45) is 0 Å². The maximum absolute atomic E-state index is 13.8. The van der Waals surface area contributed by atoms with Crippen LogP contribution in [0.1, 0.15) is 49.2 Å². The van der Waals surface area contributed by atoms with Crippen LogP contribution in [0.4, 0.5) is 4.39 Å². The molecular weight excluding hydrogens is 285 g/mol. The summed E-state index contributed by atoms with van der Waals surface area (Å²) in [6.07, 6.45) is 4.57. The first-order valence-corrected chi connectivity index (χ1v) is 8.40. The number of halogens is 1. The molecule has 1 fully saturated rings. The van der Waals surface area contributed by atoms with E-state index in [2.05, 4.69) is 13.8 Å². The highest BCUT2D eigenvalue weighted by Crippen LogP contribution is 2.32. The number of amides is 1. The highest BCUT2D eigenvalue weighted by Gasteiger charge is 2.30. The zero-order valence-electron chi connectivity index (χ0n) is 12.4. The quantitative estimate of drug-likeness (QED) is 0.795. The van der Waals surface area contributed by atoms with Gasteiger partial charge >= 0.3 is 0 Å². The Bertz CT molecular complexity index is 658. The molecule has 1 aromatic heterocycles. The Hall–Kier alpha value is -1.42. The maximum atomic E-state index is 13.8. The molecule has 1 aliphatic rings. The first-order valence-electron chi connectivity index (χ1n) is 7.58. The van der Waals surface area contributed by atoms with Crippen molar-refractivity contribution in [2.75, 3.05) is 0 Å². The average Bonchev–Trinajstić information content (AvgIpc) is 3.07. The Balaban J connectivity index is 1.95. The molecular formula is C17H20FNOS. The van der Waals surface area contributed by atoms with Crippen LogP contribution in [0.5, 0.6) is 0 Å². The van der Waals surface area contributed by atoms with E-state index >= 15 is 0 Å². The summed E-state index contributed by atoms with van der Waals surface area (Å²) in [5, 5.41) is 0.556. The standard InChI is InChI=1S/C17H20FNOS/c1-11(2)19(12-6-3-4-7-12)17(20)16-10-13-14(18)8-5-9-15(13)21-16/h5,8-12H,3-4,6-7H2,1-2H3. The lowest BCUT2D eigenvalue weighted by Crippen LogP contribution is -2.43. The van der Waals surface area contributed by atoms with Crippen molar-refractivity contribution < 1.29 is 9.18 Å². The average molecular weight is 305 g/mol. The van der Waals surface area contributed by atoms with Gasteiger partial charge < -0.3 is 4.90 Å². The molecule has 0 unspecified atom stereocenters. The number of hydrogen-bond donors (Lipinski definition) is 0. The number of carbonyl (C=O) groups is 1. The molecule has 1 aromatic carbocycles. The summed E-state index contributed by atoms with van der Waals surface area (Å²) in [5.41, 5.74) is 0. The molecule has 1 heterocycles. The molecule has 1 saturated carbocycles. The Morgan fingerprint density at radius 1 is 1.33 bits per heavy atom. The monoisotopic (exact) mass is 305 g/mol. The first kappa shape index (κ1) is 14.5. The van der Waals surface area contributed by atoms with Crippen LogP contribution in [0.3, 0.4) is 0 Å². The van der Waals surface area contributed by atoms with E-state index in [9.17, 15) is 9.18 Å². The smallest absolute Gasteiger partial charge is 0.264 e. The van der Waals surface area contributed by atoms with Crippen LogP contribution in [-0.4, -0.2) is 22.9 Å². The Labute approximate surface area is 128 Å². The van der Waals surface area contributed by atoms with Gasteiger partial charge in [0.25, 0.3) is 5.91 Å². The van der Waals surface area contributed by atoms with Gasteiger partial charge in [0.05, 0.1) is 4.88 Å². The maximum Gasteiger partial charge on any atom is 0.264 e. The number of nitrogens with zero attached hydrogens (tertiary/aromatic N) is 1. The lowest BCUT2D eigenvalue weighted by Gasteiger charge is -2.32. The number of carbonyl (C=O) groups excluding carboxylic acids is 1. The molecule has 4 heteroatoms. The molecule has 1 amide bonds. The second-order valence-electron chi connectivity index (χ2n) is 6.01. The summed E-state index contributed by atoms with van der Waals surface area (Å²) in [6.45, 7) is 4.12. The van der Waals surface area contributed by atoms with Gasteiger partial charge in [-0.3, -0.25) is 4.79 Å². The molecule has 0 aliphatic heterocycles. The summed E-state index contributed by atoms with van der Waals surface area (Å²) in [5.74, 6) is -0.197. The minimum Gasteiger partial charge on any atom is -0.333 e. The fraction of sp³-hybridized carbons (Fsp3) is 0.471. The lowest BCUT2D eigenvalue weighted by molar-refractivity contribution is 0.0618. The second kappa shape index (κ2) is 5.76. The molecule has 2 aromatic rings. The van der Waals surface area contributed by atoms with E-state index in [0.717, 1.165) is 17.5 Å². The number of benzene rings is 1. The number of hydrogen-bond acceptors (Lipinski definition) is 2. The minimum absolute atomic E-state index is 0.0532. The number of fused-ring (bicyclic) bond motifs is 1. The molecule has 0 radical (unpaired) electrons. The molecule has 0 N–H and O–H groups in total. The van der Waals surface area contributed by atoms with Crippen LogP contribution in [0.2, 0.25) is 0 Å². The second-order valence-corrected chi connectivity index (χ2v) is 7.09. The predicted molar refractivity (Wildman–Crippen MR) is 85.3 cm³/mol. The van der Waals surface area contributed by atoms with Crippen LogP contribution < -0.4 is 0 Å². The highest BCUT2D eigenvalue weighted by molar-refractivity contribution is 7.20. The van der Waals surface area contributed by atoms with Crippen molar-refractivity contribution in [3.63, 3.8) is 0 Å². The Kier molecular flexibility index (Phi) is 3.98. The normalized spacial score (nSPS) is 16.0. The highest BCUT2D eigenvalue weighted by atomic mass is 32.1. The number of thiophene rings is 1. The van der Waals surface area contributed by atoms with Gasteiger partial charge in [0.1, 0.15) is 5.82 Å². The van der Waals surface area contributed by atoms with E-state index in [1.165, 1.54) is 30.2 Å². The zero-order valence-corrected chi connectivity index (χ0v) is 13.3. The van der Waals surface area contributed by atoms with Crippen LogP contribution in [0.25, 0.3) is 10.1 Å². The van der Waals surface area contributed by atoms with Crippen molar-refractivity contribution in [1.82, 2.24) is 4.90 Å². The Morgan fingerprint density at radius 2 is 2.05 bits per heavy atom. The van der Waals surface area contributed by atoms with Gasteiger partial charge in [-0.25, -0.2) is 4.39 Å². The molecule has 3 rings (SSSR count). The van der Waals surface area contributed by atoms with Crippen LogP contribution >= 0.6 is 11.3 Å². The van der Waals surface area contributed by atoms with E-state index < -0.39 is 0 Å². The zero-order chi connectivity index (χ0) is 15.0. The first-order chi connectivity index (χ1) is 10.1. The molecule has 2 nitrogen and oxygen atoms in total. The third kappa shape index (κ3) is 2.69. The summed E-state index contributed by atoms with van der Waals surface area (Å²) >= 11 is 1.39. The number of rotatable bonds is 3. The van der Waals surface area contributed by atoms with Crippen LogP contribution in [0, 0.1) is 5.82 Å². The van der Waals surface area contributed by atoms with Crippen LogP contribution in [-0.2, 0) is 0 Å². The summed E-state index contributed by atoms with van der Waals surface area (Å²) in [6, 6.07) is 7.24. The molecule has 21 heavy (non-hydrogen) atoms. The van der Waals surface area contributed by atoms with E-state index in [4.69, 9.17) is 0 Å². The predicted octanol–water partition coefficient (Wildman–Crippen LogP) is 4.83. The molecule has 0 saturated heterocycles. The third-order valence-electron chi connectivity index (χ3n) is 4.23. The molecule has 1 aliphatic carbocycles. The van der Waals surface area contributed by atoms with Crippen molar-refractivity contribution in [1.29, 1.82) is 0 Å². The molecule has 0 atom stereocenters. The molecule has 0 bridgehead atoms. The van der Waals surface area contributed by atoms with Gasteiger partial charge in [0.15, 0.2) is 0 Å². The van der Waals surface area contributed by atoms with Gasteiger partial charge in [-0.2, -0.15) is 0 Å². The van der Waals surface area contributed by atoms with E-state index in [-0.39, 0.29) is 17.8 Å². The van der Waals surface area contributed by atoms with Crippen molar-refractivity contribution in [2.45, 2.75) is 51.6 Å². The largest absolute Gasteiger partial charge is 0.333 e. The molecule has 112 valence electrons. The molecule has 0 spiro atoms. The van der Waals surface area contributed by atoms with Gasteiger partial charge in [0, 0.05) is 22.2 Å².